The van der Waals surface area contributed by atoms with Crippen LogP contribution in [0.2, 0.25) is 0 Å². The standard InChI is InChI=1S/C30H30N6O4/c1-30(2)13-19-12-24-29(40)36(10-9-35(24)25(19)14-30)26-22(17-37)21(6-8-32-26)20-11-23(28(39)34(3)16-20)33-27(38)18-5-4-7-31-15-18/h4-8,11-12,15-16,37H,9-10,13-14,17H2,1-3H3,(H,33,38). The van der Waals surface area contributed by atoms with E-state index in [0.29, 0.717) is 46.9 Å². The fourth-order valence-electron chi connectivity index (χ4n) is 5.89. The van der Waals surface area contributed by atoms with Crippen molar-refractivity contribution in [3.8, 4) is 11.1 Å². The number of aliphatic hydroxyl groups is 1. The van der Waals surface area contributed by atoms with Crippen molar-refractivity contribution in [2.75, 3.05) is 16.8 Å². The van der Waals surface area contributed by atoms with Crippen LogP contribution in [0.3, 0.4) is 0 Å². The summed E-state index contributed by atoms with van der Waals surface area (Å²) >= 11 is 0. The van der Waals surface area contributed by atoms with E-state index < -0.39 is 5.91 Å². The van der Waals surface area contributed by atoms with E-state index in [2.05, 4.69) is 33.7 Å². The van der Waals surface area contributed by atoms with E-state index in [1.165, 1.54) is 22.0 Å². The molecule has 0 atom stereocenters. The van der Waals surface area contributed by atoms with Gasteiger partial charge in [0.05, 0.1) is 12.2 Å². The molecule has 40 heavy (non-hydrogen) atoms. The van der Waals surface area contributed by atoms with Gasteiger partial charge in [-0.2, -0.15) is 0 Å². The number of fused-ring (bicyclic) bond motifs is 3. The molecule has 0 aromatic carbocycles. The molecule has 0 radical (unpaired) electrons. The van der Waals surface area contributed by atoms with Gasteiger partial charge in [0, 0.05) is 61.7 Å². The van der Waals surface area contributed by atoms with E-state index in [1.807, 2.05) is 6.07 Å². The summed E-state index contributed by atoms with van der Waals surface area (Å²) in [4.78, 5) is 49.4. The normalized spacial score (nSPS) is 15.6. The average Bonchev–Trinajstić information content (AvgIpc) is 3.43. The molecule has 0 bridgehead atoms. The Morgan fingerprint density at radius 2 is 1.95 bits per heavy atom. The Morgan fingerprint density at radius 3 is 2.70 bits per heavy atom. The summed E-state index contributed by atoms with van der Waals surface area (Å²) in [5.41, 5.74) is 4.98. The highest BCUT2D eigenvalue weighted by Crippen LogP contribution is 2.40. The van der Waals surface area contributed by atoms with Gasteiger partial charge < -0.3 is 19.6 Å². The third-order valence-electron chi connectivity index (χ3n) is 7.74. The molecule has 6 rings (SSSR count). The van der Waals surface area contributed by atoms with Gasteiger partial charge in [0.1, 0.15) is 17.2 Å². The lowest BCUT2D eigenvalue weighted by Gasteiger charge is -2.31. The van der Waals surface area contributed by atoms with E-state index in [1.54, 1.807) is 54.8 Å². The van der Waals surface area contributed by atoms with Crippen LogP contribution in [0, 0.1) is 5.41 Å². The lowest BCUT2D eigenvalue weighted by Crippen LogP contribution is -2.41. The Labute approximate surface area is 230 Å². The number of hydrogen-bond acceptors (Lipinski definition) is 6. The molecular weight excluding hydrogens is 508 g/mol. The van der Waals surface area contributed by atoms with Crippen molar-refractivity contribution in [3.05, 3.63) is 93.6 Å². The zero-order valence-electron chi connectivity index (χ0n) is 22.6. The van der Waals surface area contributed by atoms with Crippen molar-refractivity contribution in [1.82, 2.24) is 19.1 Å². The maximum absolute atomic E-state index is 13.7. The molecule has 5 heterocycles. The molecule has 10 heteroatoms. The van der Waals surface area contributed by atoms with Crippen LogP contribution >= 0.6 is 0 Å². The van der Waals surface area contributed by atoms with E-state index in [9.17, 15) is 19.5 Å². The zero-order valence-corrected chi connectivity index (χ0v) is 22.6. The number of aryl methyl sites for hydroxylation is 1. The van der Waals surface area contributed by atoms with Gasteiger partial charge in [0.15, 0.2) is 0 Å². The first kappa shape index (κ1) is 25.7. The van der Waals surface area contributed by atoms with Crippen molar-refractivity contribution in [1.29, 1.82) is 0 Å². The predicted molar refractivity (Wildman–Crippen MR) is 150 cm³/mol. The molecule has 2 aliphatic rings. The third-order valence-corrected chi connectivity index (χ3v) is 7.74. The molecular formula is C30H30N6O4. The second-order valence-corrected chi connectivity index (χ2v) is 11.2. The first-order valence-corrected chi connectivity index (χ1v) is 13.2. The minimum Gasteiger partial charge on any atom is -0.392 e. The van der Waals surface area contributed by atoms with Gasteiger partial charge in [-0.15, -0.1) is 0 Å². The van der Waals surface area contributed by atoms with E-state index >= 15 is 0 Å². The Morgan fingerprint density at radius 1 is 1.12 bits per heavy atom. The van der Waals surface area contributed by atoms with Gasteiger partial charge in [-0.1, -0.05) is 13.8 Å². The molecule has 204 valence electrons. The number of rotatable bonds is 5. The number of hydrogen-bond donors (Lipinski definition) is 2. The maximum Gasteiger partial charge on any atom is 0.276 e. The predicted octanol–water partition coefficient (Wildman–Crippen LogP) is 3.17. The summed E-state index contributed by atoms with van der Waals surface area (Å²) in [5.74, 6) is -0.229. The smallest absolute Gasteiger partial charge is 0.276 e. The molecule has 0 unspecified atom stereocenters. The van der Waals surface area contributed by atoms with Gasteiger partial charge in [0.25, 0.3) is 17.4 Å². The number of aromatic nitrogens is 4. The van der Waals surface area contributed by atoms with Crippen LogP contribution in [0.25, 0.3) is 11.1 Å². The average molecular weight is 539 g/mol. The summed E-state index contributed by atoms with van der Waals surface area (Å²) in [6.07, 6.45) is 8.09. The molecule has 10 nitrogen and oxygen atoms in total. The van der Waals surface area contributed by atoms with E-state index in [0.717, 1.165) is 12.8 Å². The van der Waals surface area contributed by atoms with Gasteiger partial charge >= 0.3 is 0 Å². The number of carbonyl (C=O) groups excluding carboxylic acids is 2. The Hall–Kier alpha value is -4.57. The second-order valence-electron chi connectivity index (χ2n) is 11.2. The highest BCUT2D eigenvalue weighted by molar-refractivity contribution is 6.06. The van der Waals surface area contributed by atoms with Gasteiger partial charge in [0.2, 0.25) is 0 Å². The minimum atomic E-state index is -0.461. The summed E-state index contributed by atoms with van der Waals surface area (Å²) in [5, 5.41) is 13.2. The van der Waals surface area contributed by atoms with Crippen LogP contribution in [0.1, 0.15) is 51.5 Å². The molecule has 0 fully saturated rings. The Kier molecular flexibility index (Phi) is 6.14. The van der Waals surface area contributed by atoms with Crippen LogP contribution in [0.15, 0.2) is 59.9 Å². The Balaban J connectivity index is 1.36. The SMILES string of the molecule is Cn1cc(-c2ccnc(N3CCn4c(cc5c4CC(C)(C)C5)C3=O)c2CO)cc(NC(=O)c2cccnc2)c1=O. The Bertz CT molecular complexity index is 1720. The number of aliphatic hydroxyl groups excluding tert-OH is 1. The summed E-state index contributed by atoms with van der Waals surface area (Å²) in [6.45, 7) is 5.20. The lowest BCUT2D eigenvalue weighted by molar-refractivity contribution is 0.0961. The van der Waals surface area contributed by atoms with E-state index in [4.69, 9.17) is 0 Å². The largest absolute Gasteiger partial charge is 0.392 e. The number of anilines is 2. The molecule has 2 N–H and O–H groups in total. The van der Waals surface area contributed by atoms with E-state index in [-0.39, 0.29) is 29.2 Å². The fraction of sp³-hybridized carbons (Fsp3) is 0.300. The molecule has 4 aromatic heterocycles. The van der Waals surface area contributed by atoms with Crippen molar-refractivity contribution in [2.45, 2.75) is 39.8 Å². The highest BCUT2D eigenvalue weighted by Gasteiger charge is 2.37. The number of amides is 2. The lowest BCUT2D eigenvalue weighted by atomic mass is 9.90. The molecule has 0 saturated heterocycles. The van der Waals surface area contributed by atoms with Crippen molar-refractivity contribution < 1.29 is 14.7 Å². The fourth-order valence-corrected chi connectivity index (χ4v) is 5.89. The number of nitrogens with zero attached hydrogens (tertiary/aromatic N) is 5. The quantitative estimate of drug-likeness (QED) is 0.403. The van der Waals surface area contributed by atoms with Crippen LogP contribution in [-0.2, 0) is 33.0 Å². The summed E-state index contributed by atoms with van der Waals surface area (Å²) in [7, 11) is 1.59. The molecule has 1 aliphatic carbocycles. The van der Waals surface area contributed by atoms with Crippen LogP contribution in [0.5, 0.6) is 0 Å². The van der Waals surface area contributed by atoms with Crippen molar-refractivity contribution in [3.63, 3.8) is 0 Å². The van der Waals surface area contributed by atoms with Crippen LogP contribution in [-0.4, -0.2) is 42.6 Å². The van der Waals surface area contributed by atoms with Gasteiger partial charge in [-0.3, -0.25) is 24.3 Å². The topological polar surface area (TPSA) is 122 Å². The number of pyridine rings is 3. The van der Waals surface area contributed by atoms with Crippen molar-refractivity contribution in [2.24, 2.45) is 12.5 Å². The molecule has 4 aromatic rings. The summed E-state index contributed by atoms with van der Waals surface area (Å²) in [6, 6.07) is 8.56. The second kappa shape index (κ2) is 9.56. The molecule has 2 amide bonds. The van der Waals surface area contributed by atoms with Gasteiger partial charge in [-0.05, 0) is 59.7 Å². The molecule has 1 aliphatic heterocycles. The van der Waals surface area contributed by atoms with Crippen LogP contribution in [0.4, 0.5) is 11.5 Å². The first-order valence-electron chi connectivity index (χ1n) is 13.2. The summed E-state index contributed by atoms with van der Waals surface area (Å²) < 4.78 is 3.51. The molecule has 0 spiro atoms. The highest BCUT2D eigenvalue weighted by atomic mass is 16.3. The first-order chi connectivity index (χ1) is 19.2. The number of nitrogens with one attached hydrogen (secondary N) is 1. The zero-order chi connectivity index (χ0) is 28.2. The van der Waals surface area contributed by atoms with Crippen molar-refractivity contribution >= 4 is 23.3 Å². The number of carbonyl (C=O) groups is 2. The maximum atomic E-state index is 13.7. The van der Waals surface area contributed by atoms with Crippen LogP contribution < -0.4 is 15.8 Å². The monoisotopic (exact) mass is 538 g/mol. The molecule has 0 saturated carbocycles. The van der Waals surface area contributed by atoms with Gasteiger partial charge in [-0.25, -0.2) is 4.98 Å². The third kappa shape index (κ3) is 4.30. The minimum absolute atomic E-state index is 0.0837.